The van der Waals surface area contributed by atoms with Gasteiger partial charge in [0.05, 0.1) is 10.8 Å². The van der Waals surface area contributed by atoms with Crippen LogP contribution in [0.25, 0.3) is 0 Å². The van der Waals surface area contributed by atoms with Gasteiger partial charge in [-0.25, -0.2) is 0 Å². The molecule has 1 aromatic carbocycles. The van der Waals surface area contributed by atoms with Crippen LogP contribution >= 0.6 is 23.4 Å². The Morgan fingerprint density at radius 3 is 2.81 bits per heavy atom. The van der Waals surface area contributed by atoms with Crippen LogP contribution in [0.1, 0.15) is 37.5 Å². The van der Waals surface area contributed by atoms with Crippen LogP contribution in [0.4, 0.5) is 0 Å². The number of imide groups is 1. The van der Waals surface area contributed by atoms with Crippen LogP contribution in [0.2, 0.25) is 5.02 Å². The number of carbonyl (C=O) groups excluding carboxylic acids is 2. The highest BCUT2D eigenvalue weighted by atomic mass is 35.5. The first-order valence-electron chi connectivity index (χ1n) is 8.90. The third kappa shape index (κ3) is 4.11. The summed E-state index contributed by atoms with van der Waals surface area (Å²) in [5, 5.41) is 9.72. The summed E-state index contributed by atoms with van der Waals surface area (Å²) in [7, 11) is 0. The van der Waals surface area contributed by atoms with Crippen molar-refractivity contribution in [3.05, 3.63) is 35.1 Å². The molecular weight excluding hydrogens is 388 g/mol. The number of aromatic nitrogens is 3. The van der Waals surface area contributed by atoms with Gasteiger partial charge in [0.15, 0.2) is 11.0 Å². The van der Waals surface area contributed by atoms with Crippen LogP contribution < -0.4 is 4.74 Å². The average Bonchev–Trinajstić information content (AvgIpc) is 3.28. The maximum absolute atomic E-state index is 12.3. The molecule has 0 radical (unpaired) electrons. The standard InChI is InChI=1S/C18H19ClN4O3S/c19-13-4-1-2-5-14(13)26-10-15-20-21-18(23(15)12-7-8-12)27-11-17(25)22-9-3-6-16(22)24/h1-2,4-5,12H,3,6-11H2. The number of ether oxygens (including phenoxy) is 1. The molecule has 0 spiro atoms. The molecule has 7 nitrogen and oxygen atoms in total. The Morgan fingerprint density at radius 2 is 2.11 bits per heavy atom. The average molecular weight is 407 g/mol. The van der Waals surface area contributed by atoms with E-state index >= 15 is 0 Å². The van der Waals surface area contributed by atoms with Gasteiger partial charge in [-0.2, -0.15) is 0 Å². The van der Waals surface area contributed by atoms with E-state index in [-0.39, 0.29) is 24.2 Å². The first-order chi connectivity index (χ1) is 13.1. The Bertz CT molecular complexity index is 868. The van der Waals surface area contributed by atoms with E-state index in [1.807, 2.05) is 22.8 Å². The Labute approximate surface area is 166 Å². The summed E-state index contributed by atoms with van der Waals surface area (Å²) in [6.45, 7) is 0.775. The molecule has 2 amide bonds. The molecule has 1 aliphatic heterocycles. The van der Waals surface area contributed by atoms with Gasteiger partial charge in [-0.1, -0.05) is 35.5 Å². The SMILES string of the molecule is O=C1CCCN1C(=O)CSc1nnc(COc2ccccc2Cl)n1C1CC1. The van der Waals surface area contributed by atoms with Gasteiger partial charge in [0.2, 0.25) is 11.8 Å². The molecular formula is C18H19ClN4O3S. The molecule has 1 aromatic heterocycles. The van der Waals surface area contributed by atoms with Gasteiger partial charge in [-0.15, -0.1) is 10.2 Å². The first-order valence-corrected chi connectivity index (χ1v) is 10.3. The molecule has 0 N–H and O–H groups in total. The second-order valence-corrected chi connectivity index (χ2v) is 7.90. The van der Waals surface area contributed by atoms with Crippen molar-refractivity contribution >= 4 is 35.2 Å². The maximum atomic E-state index is 12.3. The van der Waals surface area contributed by atoms with Gasteiger partial charge in [0.25, 0.3) is 0 Å². The second kappa shape index (κ2) is 7.90. The van der Waals surface area contributed by atoms with Crippen molar-refractivity contribution in [3.8, 4) is 5.75 Å². The van der Waals surface area contributed by atoms with Gasteiger partial charge in [-0.05, 0) is 31.4 Å². The van der Waals surface area contributed by atoms with E-state index in [9.17, 15) is 9.59 Å². The van der Waals surface area contributed by atoms with Crippen molar-refractivity contribution in [3.63, 3.8) is 0 Å². The van der Waals surface area contributed by atoms with E-state index < -0.39 is 0 Å². The Morgan fingerprint density at radius 1 is 1.30 bits per heavy atom. The highest BCUT2D eigenvalue weighted by Gasteiger charge is 2.31. The minimum atomic E-state index is -0.165. The highest BCUT2D eigenvalue weighted by Crippen LogP contribution is 2.39. The molecule has 2 fully saturated rings. The van der Waals surface area contributed by atoms with Crippen LogP contribution in [0, 0.1) is 0 Å². The fraction of sp³-hybridized carbons (Fsp3) is 0.444. The fourth-order valence-electron chi connectivity index (χ4n) is 3.02. The topological polar surface area (TPSA) is 77.3 Å². The molecule has 1 aliphatic carbocycles. The number of hydrogen-bond acceptors (Lipinski definition) is 6. The van der Waals surface area contributed by atoms with Crippen molar-refractivity contribution in [1.82, 2.24) is 19.7 Å². The summed E-state index contributed by atoms with van der Waals surface area (Å²) in [6.07, 6.45) is 3.32. The van der Waals surface area contributed by atoms with Gasteiger partial charge in [0.1, 0.15) is 12.4 Å². The number of hydrogen-bond donors (Lipinski definition) is 0. The molecule has 1 saturated heterocycles. The molecule has 0 bridgehead atoms. The third-order valence-corrected chi connectivity index (χ3v) is 5.78. The zero-order chi connectivity index (χ0) is 18.8. The summed E-state index contributed by atoms with van der Waals surface area (Å²) < 4.78 is 7.83. The zero-order valence-corrected chi connectivity index (χ0v) is 16.2. The lowest BCUT2D eigenvalue weighted by atomic mass is 10.3. The van der Waals surface area contributed by atoms with Crippen molar-refractivity contribution in [1.29, 1.82) is 0 Å². The third-order valence-electron chi connectivity index (χ3n) is 4.54. The number of benzene rings is 1. The molecule has 0 atom stereocenters. The number of nitrogens with zero attached hydrogens (tertiary/aromatic N) is 4. The predicted molar refractivity (Wildman–Crippen MR) is 101 cm³/mol. The molecule has 2 heterocycles. The van der Waals surface area contributed by atoms with E-state index in [1.54, 1.807) is 6.07 Å². The quantitative estimate of drug-likeness (QED) is 0.657. The first kappa shape index (κ1) is 18.3. The Hall–Kier alpha value is -2.06. The van der Waals surface area contributed by atoms with Gasteiger partial charge < -0.3 is 4.74 Å². The van der Waals surface area contributed by atoms with Crippen LogP contribution in [0.5, 0.6) is 5.75 Å². The van der Waals surface area contributed by atoms with Crippen molar-refractivity contribution in [2.75, 3.05) is 12.3 Å². The number of rotatable bonds is 7. The van der Waals surface area contributed by atoms with Crippen LogP contribution in [0.15, 0.2) is 29.4 Å². The van der Waals surface area contributed by atoms with E-state index in [4.69, 9.17) is 16.3 Å². The summed E-state index contributed by atoms with van der Waals surface area (Å²) in [5.41, 5.74) is 0. The van der Waals surface area contributed by atoms with Crippen molar-refractivity contribution in [2.24, 2.45) is 0 Å². The molecule has 1 saturated carbocycles. The zero-order valence-electron chi connectivity index (χ0n) is 14.6. The van der Waals surface area contributed by atoms with Crippen LogP contribution in [0.3, 0.4) is 0 Å². The molecule has 9 heteroatoms. The fourth-order valence-corrected chi connectivity index (χ4v) is 4.11. The lowest BCUT2D eigenvalue weighted by molar-refractivity contribution is -0.140. The normalized spacial score (nSPS) is 16.8. The number of halogens is 1. The number of para-hydroxylation sites is 1. The Kier molecular flexibility index (Phi) is 5.36. The summed E-state index contributed by atoms with van der Waals surface area (Å²) in [5.74, 6) is 1.24. The molecule has 142 valence electrons. The monoisotopic (exact) mass is 406 g/mol. The van der Waals surface area contributed by atoms with E-state index in [0.29, 0.717) is 40.8 Å². The lowest BCUT2D eigenvalue weighted by Crippen LogP contribution is -2.33. The highest BCUT2D eigenvalue weighted by molar-refractivity contribution is 7.99. The predicted octanol–water partition coefficient (Wildman–Crippen LogP) is 3.09. The summed E-state index contributed by atoms with van der Waals surface area (Å²) >= 11 is 7.45. The Balaban J connectivity index is 1.42. The number of likely N-dealkylation sites (tertiary alicyclic amines) is 1. The number of thioether (sulfide) groups is 1. The maximum Gasteiger partial charge on any atom is 0.239 e. The van der Waals surface area contributed by atoms with Crippen molar-refractivity contribution < 1.29 is 14.3 Å². The largest absolute Gasteiger partial charge is 0.484 e. The summed E-state index contributed by atoms with van der Waals surface area (Å²) in [4.78, 5) is 25.3. The molecule has 2 aliphatic rings. The van der Waals surface area contributed by atoms with Crippen LogP contribution in [-0.4, -0.2) is 43.8 Å². The molecule has 4 rings (SSSR count). The lowest BCUT2D eigenvalue weighted by Gasteiger charge is -2.13. The molecule has 0 unspecified atom stereocenters. The van der Waals surface area contributed by atoms with E-state index in [0.717, 1.165) is 19.3 Å². The van der Waals surface area contributed by atoms with Gasteiger partial charge in [0, 0.05) is 19.0 Å². The van der Waals surface area contributed by atoms with Crippen molar-refractivity contribution in [2.45, 2.75) is 43.5 Å². The van der Waals surface area contributed by atoms with Gasteiger partial charge >= 0.3 is 0 Å². The minimum absolute atomic E-state index is 0.0851. The molecule has 2 aromatic rings. The van der Waals surface area contributed by atoms with E-state index in [1.165, 1.54) is 16.7 Å². The smallest absolute Gasteiger partial charge is 0.239 e. The number of amides is 2. The molecule has 27 heavy (non-hydrogen) atoms. The van der Waals surface area contributed by atoms with Gasteiger partial charge in [-0.3, -0.25) is 19.1 Å². The number of carbonyl (C=O) groups is 2. The van der Waals surface area contributed by atoms with E-state index in [2.05, 4.69) is 10.2 Å². The van der Waals surface area contributed by atoms with Crippen LogP contribution in [-0.2, 0) is 16.2 Å². The second-order valence-electron chi connectivity index (χ2n) is 6.55. The summed E-state index contributed by atoms with van der Waals surface area (Å²) in [6, 6.07) is 7.63. The minimum Gasteiger partial charge on any atom is -0.484 e.